The highest BCUT2D eigenvalue weighted by Gasteiger charge is 2.08. The zero-order valence-corrected chi connectivity index (χ0v) is 11.3. The van der Waals surface area contributed by atoms with Crippen molar-refractivity contribution in [2.75, 3.05) is 12.8 Å². The maximum Gasteiger partial charge on any atom is 0.120 e. The molecule has 4 nitrogen and oxygen atoms in total. The molecule has 0 fully saturated rings. The number of nitrogens with zero attached hydrogens (tertiary/aromatic N) is 1. The summed E-state index contributed by atoms with van der Waals surface area (Å²) >= 11 is 1.65. The van der Waals surface area contributed by atoms with Crippen molar-refractivity contribution in [3.05, 3.63) is 40.3 Å². The number of nitrogen functional groups attached to an aromatic ring is 1. The van der Waals surface area contributed by atoms with Gasteiger partial charge in [-0.3, -0.25) is 0 Å². The summed E-state index contributed by atoms with van der Waals surface area (Å²) in [6.07, 6.45) is 1.82. The summed E-state index contributed by atoms with van der Waals surface area (Å²) < 4.78 is 5.13. The van der Waals surface area contributed by atoms with Gasteiger partial charge in [0.15, 0.2) is 0 Å². The van der Waals surface area contributed by atoms with E-state index in [0.29, 0.717) is 0 Å². The Morgan fingerprint density at radius 1 is 1.50 bits per heavy atom. The van der Waals surface area contributed by atoms with Gasteiger partial charge >= 0.3 is 0 Å². The first-order chi connectivity index (χ1) is 8.70. The van der Waals surface area contributed by atoms with Gasteiger partial charge in [0.25, 0.3) is 0 Å². The minimum atomic E-state index is 0.228. The molecule has 1 aromatic heterocycles. The van der Waals surface area contributed by atoms with Crippen LogP contribution in [-0.4, -0.2) is 12.1 Å². The van der Waals surface area contributed by atoms with Gasteiger partial charge < -0.3 is 15.8 Å². The molecule has 5 heteroatoms. The summed E-state index contributed by atoms with van der Waals surface area (Å²) in [7, 11) is 1.64. The number of aromatic nitrogens is 1. The van der Waals surface area contributed by atoms with E-state index >= 15 is 0 Å². The summed E-state index contributed by atoms with van der Waals surface area (Å²) in [5.74, 6) is 0.782. The van der Waals surface area contributed by atoms with Crippen molar-refractivity contribution in [2.45, 2.75) is 19.5 Å². The molecule has 3 N–H and O–H groups in total. The maximum atomic E-state index is 5.97. The average Bonchev–Trinajstić information content (AvgIpc) is 2.90. The zero-order valence-electron chi connectivity index (χ0n) is 10.5. The Labute approximate surface area is 111 Å². The number of thiazole rings is 1. The van der Waals surface area contributed by atoms with Crippen LogP contribution in [0.4, 0.5) is 5.69 Å². The normalized spacial score (nSPS) is 12.3. The number of hydrogen-bond donors (Lipinski definition) is 2. The fourth-order valence-electron chi connectivity index (χ4n) is 1.66. The van der Waals surface area contributed by atoms with Crippen molar-refractivity contribution in [3.63, 3.8) is 0 Å². The van der Waals surface area contributed by atoms with Crippen molar-refractivity contribution in [3.8, 4) is 5.75 Å². The van der Waals surface area contributed by atoms with Crippen LogP contribution in [0.1, 0.15) is 23.5 Å². The maximum absolute atomic E-state index is 5.97. The first-order valence-electron chi connectivity index (χ1n) is 5.76. The average molecular weight is 263 g/mol. The molecule has 1 unspecified atom stereocenters. The van der Waals surface area contributed by atoms with Crippen LogP contribution in [0, 0.1) is 0 Å². The Kier molecular flexibility index (Phi) is 4.17. The van der Waals surface area contributed by atoms with Gasteiger partial charge in [0.05, 0.1) is 13.2 Å². The van der Waals surface area contributed by atoms with Crippen LogP contribution in [0.15, 0.2) is 29.8 Å². The SMILES string of the molecule is COc1ccc(CNC(C)c2nccs2)c(N)c1. The summed E-state index contributed by atoms with van der Waals surface area (Å²) in [5.41, 5.74) is 7.78. The number of hydrogen-bond acceptors (Lipinski definition) is 5. The molecule has 2 rings (SSSR count). The van der Waals surface area contributed by atoms with E-state index in [4.69, 9.17) is 10.5 Å². The Balaban J connectivity index is 1.98. The van der Waals surface area contributed by atoms with Crippen molar-refractivity contribution in [1.82, 2.24) is 10.3 Å². The van der Waals surface area contributed by atoms with Crippen LogP contribution in [0.2, 0.25) is 0 Å². The summed E-state index contributed by atoms with van der Waals surface area (Å²) in [5, 5.41) is 6.47. The molecule has 0 aliphatic heterocycles. The van der Waals surface area contributed by atoms with Gasteiger partial charge in [0.2, 0.25) is 0 Å². The minimum Gasteiger partial charge on any atom is -0.497 e. The standard InChI is InChI=1S/C13H17N3OS/c1-9(13-15-5-6-18-13)16-8-10-3-4-11(17-2)7-12(10)14/h3-7,9,16H,8,14H2,1-2H3. The molecule has 1 atom stereocenters. The van der Waals surface area contributed by atoms with Gasteiger partial charge in [0, 0.05) is 29.9 Å². The molecule has 96 valence electrons. The fourth-order valence-corrected chi connectivity index (χ4v) is 2.33. The first kappa shape index (κ1) is 12.9. The van der Waals surface area contributed by atoms with E-state index in [9.17, 15) is 0 Å². The minimum absolute atomic E-state index is 0.228. The van der Waals surface area contributed by atoms with Crippen molar-refractivity contribution < 1.29 is 4.74 Å². The molecular formula is C13H17N3OS. The van der Waals surface area contributed by atoms with E-state index in [2.05, 4.69) is 17.2 Å². The van der Waals surface area contributed by atoms with Crippen LogP contribution < -0.4 is 15.8 Å². The second-order valence-electron chi connectivity index (χ2n) is 4.04. The molecule has 0 saturated heterocycles. The molecule has 0 radical (unpaired) electrons. The molecule has 0 bridgehead atoms. The molecule has 0 spiro atoms. The Morgan fingerprint density at radius 2 is 2.33 bits per heavy atom. The lowest BCUT2D eigenvalue weighted by Gasteiger charge is -2.13. The van der Waals surface area contributed by atoms with Gasteiger partial charge in [-0.1, -0.05) is 6.07 Å². The number of benzene rings is 1. The summed E-state index contributed by atoms with van der Waals surface area (Å²) in [4.78, 5) is 4.28. The Morgan fingerprint density at radius 3 is 2.94 bits per heavy atom. The van der Waals surface area contributed by atoms with E-state index < -0.39 is 0 Å². The second-order valence-corrected chi connectivity index (χ2v) is 4.96. The lowest BCUT2D eigenvalue weighted by molar-refractivity contribution is 0.415. The van der Waals surface area contributed by atoms with Crippen LogP contribution in [0.3, 0.4) is 0 Å². The van der Waals surface area contributed by atoms with E-state index in [1.807, 2.05) is 29.8 Å². The molecule has 2 aromatic rings. The molecule has 0 aliphatic rings. The van der Waals surface area contributed by atoms with Crippen molar-refractivity contribution in [2.24, 2.45) is 0 Å². The molecule has 0 saturated carbocycles. The van der Waals surface area contributed by atoms with E-state index in [0.717, 1.165) is 28.6 Å². The van der Waals surface area contributed by atoms with E-state index in [-0.39, 0.29) is 6.04 Å². The predicted octanol–water partition coefficient (Wildman–Crippen LogP) is 2.58. The van der Waals surface area contributed by atoms with E-state index in [1.54, 1.807) is 18.4 Å². The number of anilines is 1. The molecule has 1 aromatic carbocycles. The lowest BCUT2D eigenvalue weighted by atomic mass is 10.1. The highest BCUT2D eigenvalue weighted by atomic mass is 32.1. The summed E-state index contributed by atoms with van der Waals surface area (Å²) in [6.45, 7) is 2.81. The van der Waals surface area contributed by atoms with Gasteiger partial charge in [-0.25, -0.2) is 4.98 Å². The largest absolute Gasteiger partial charge is 0.497 e. The monoisotopic (exact) mass is 263 g/mol. The van der Waals surface area contributed by atoms with Crippen LogP contribution in [0.5, 0.6) is 5.75 Å². The molecular weight excluding hydrogens is 246 g/mol. The van der Waals surface area contributed by atoms with Gasteiger partial charge in [-0.05, 0) is 18.6 Å². The third kappa shape index (κ3) is 3.00. The smallest absolute Gasteiger partial charge is 0.120 e. The van der Waals surface area contributed by atoms with Crippen molar-refractivity contribution >= 4 is 17.0 Å². The highest BCUT2D eigenvalue weighted by molar-refractivity contribution is 7.09. The van der Waals surface area contributed by atoms with Crippen LogP contribution in [0.25, 0.3) is 0 Å². The molecule has 0 amide bonds. The predicted molar refractivity (Wildman–Crippen MR) is 74.8 cm³/mol. The molecule has 18 heavy (non-hydrogen) atoms. The third-order valence-electron chi connectivity index (χ3n) is 2.77. The first-order valence-corrected chi connectivity index (χ1v) is 6.64. The fraction of sp³-hybridized carbons (Fsp3) is 0.308. The number of ether oxygens (including phenoxy) is 1. The lowest BCUT2D eigenvalue weighted by Crippen LogP contribution is -2.18. The molecule has 0 aliphatic carbocycles. The quantitative estimate of drug-likeness (QED) is 0.814. The number of nitrogens with one attached hydrogen (secondary N) is 1. The van der Waals surface area contributed by atoms with Crippen LogP contribution >= 0.6 is 11.3 Å². The Hall–Kier alpha value is -1.59. The van der Waals surface area contributed by atoms with Gasteiger partial charge in [-0.15, -0.1) is 11.3 Å². The van der Waals surface area contributed by atoms with Crippen LogP contribution in [-0.2, 0) is 6.54 Å². The van der Waals surface area contributed by atoms with E-state index in [1.165, 1.54) is 0 Å². The Bertz CT molecular complexity index is 499. The second kappa shape index (κ2) is 5.84. The number of nitrogens with two attached hydrogens (primary N) is 1. The van der Waals surface area contributed by atoms with Gasteiger partial charge in [0.1, 0.15) is 10.8 Å². The zero-order chi connectivity index (χ0) is 13.0. The number of methoxy groups -OCH3 is 1. The third-order valence-corrected chi connectivity index (χ3v) is 3.73. The topological polar surface area (TPSA) is 60.2 Å². The summed E-state index contributed by atoms with van der Waals surface area (Å²) in [6, 6.07) is 5.97. The molecule has 1 heterocycles. The van der Waals surface area contributed by atoms with Gasteiger partial charge in [-0.2, -0.15) is 0 Å². The highest BCUT2D eigenvalue weighted by Crippen LogP contribution is 2.21. The number of rotatable bonds is 5. The van der Waals surface area contributed by atoms with Crippen molar-refractivity contribution in [1.29, 1.82) is 0 Å².